The van der Waals surface area contributed by atoms with Crippen LogP contribution in [0.2, 0.25) is 0 Å². The number of aryl methyl sites for hydroxylation is 3. The molecule has 0 amide bonds. The number of hydrogen-bond acceptors (Lipinski definition) is 2. The van der Waals surface area contributed by atoms with Crippen molar-refractivity contribution in [2.24, 2.45) is 0 Å². The molecule has 2 rings (SSSR count). The Hall–Kier alpha value is -0.920. The zero-order valence-electron chi connectivity index (χ0n) is 9.51. The maximum Gasteiger partial charge on any atom is 0.125 e. The SMILES string of the molecule is CCC.Cc1ncc2c(n1)CCCC2. The highest BCUT2D eigenvalue weighted by Gasteiger charge is 2.09. The molecule has 0 N–H and O–H groups in total. The lowest BCUT2D eigenvalue weighted by Gasteiger charge is -2.13. The van der Waals surface area contributed by atoms with Crippen LogP contribution in [0, 0.1) is 6.92 Å². The number of rotatable bonds is 0. The third-order valence-corrected chi connectivity index (χ3v) is 2.18. The molecule has 0 spiro atoms. The maximum absolute atomic E-state index is 4.40. The van der Waals surface area contributed by atoms with Gasteiger partial charge in [0.15, 0.2) is 0 Å². The van der Waals surface area contributed by atoms with Crippen LogP contribution in [0.1, 0.15) is 50.2 Å². The normalized spacial score (nSPS) is 13.9. The third kappa shape index (κ3) is 3.09. The quantitative estimate of drug-likeness (QED) is 0.631. The number of hydrogen-bond donors (Lipinski definition) is 0. The molecule has 2 nitrogen and oxygen atoms in total. The summed E-state index contributed by atoms with van der Waals surface area (Å²) < 4.78 is 0. The minimum atomic E-state index is 0.908. The van der Waals surface area contributed by atoms with E-state index in [1.807, 2.05) is 13.1 Å². The molecule has 0 atom stereocenters. The molecule has 0 unspecified atom stereocenters. The van der Waals surface area contributed by atoms with Crippen LogP contribution in [-0.2, 0) is 12.8 Å². The fourth-order valence-electron chi connectivity index (χ4n) is 1.58. The maximum atomic E-state index is 4.40. The molecule has 0 fully saturated rings. The lowest BCUT2D eigenvalue weighted by atomic mass is 9.98. The molecule has 1 aromatic heterocycles. The minimum Gasteiger partial charge on any atom is -0.241 e. The molecular formula is C12H20N2. The van der Waals surface area contributed by atoms with Crippen molar-refractivity contribution in [2.45, 2.75) is 52.9 Å². The number of nitrogens with zero attached hydrogens (tertiary/aromatic N) is 2. The predicted molar refractivity (Wildman–Crippen MR) is 59.4 cm³/mol. The van der Waals surface area contributed by atoms with E-state index in [2.05, 4.69) is 23.8 Å². The summed E-state index contributed by atoms with van der Waals surface area (Å²) in [6, 6.07) is 0. The van der Waals surface area contributed by atoms with Gasteiger partial charge in [0.25, 0.3) is 0 Å². The van der Waals surface area contributed by atoms with Gasteiger partial charge in [-0.25, -0.2) is 9.97 Å². The van der Waals surface area contributed by atoms with Gasteiger partial charge in [0.1, 0.15) is 5.82 Å². The monoisotopic (exact) mass is 192 g/mol. The second-order valence-corrected chi connectivity index (χ2v) is 3.80. The van der Waals surface area contributed by atoms with Crippen molar-refractivity contribution < 1.29 is 0 Å². The van der Waals surface area contributed by atoms with Crippen LogP contribution in [0.15, 0.2) is 6.20 Å². The Labute approximate surface area is 86.8 Å². The molecular weight excluding hydrogens is 172 g/mol. The molecule has 0 saturated carbocycles. The summed E-state index contributed by atoms with van der Waals surface area (Å²) in [7, 11) is 0. The summed E-state index contributed by atoms with van der Waals surface area (Å²) >= 11 is 0. The van der Waals surface area contributed by atoms with E-state index < -0.39 is 0 Å². The topological polar surface area (TPSA) is 25.8 Å². The van der Waals surface area contributed by atoms with Crippen LogP contribution in [0.3, 0.4) is 0 Å². The van der Waals surface area contributed by atoms with Crippen LogP contribution in [-0.4, -0.2) is 9.97 Å². The van der Waals surface area contributed by atoms with Crippen LogP contribution in [0.4, 0.5) is 0 Å². The van der Waals surface area contributed by atoms with Crippen molar-refractivity contribution in [1.29, 1.82) is 0 Å². The predicted octanol–water partition coefficient (Wildman–Crippen LogP) is 3.08. The second kappa shape index (κ2) is 5.74. The van der Waals surface area contributed by atoms with Crippen molar-refractivity contribution in [3.8, 4) is 0 Å². The molecule has 0 saturated heterocycles. The first-order valence-electron chi connectivity index (χ1n) is 5.59. The standard InChI is InChI=1S/C9H12N2.C3H8/c1-7-10-6-8-4-2-3-5-9(8)11-7;1-3-2/h6H,2-5H2,1H3;3H2,1-2H3. The molecule has 1 heterocycles. The molecule has 0 aromatic carbocycles. The Morgan fingerprint density at radius 2 is 1.86 bits per heavy atom. The summed E-state index contributed by atoms with van der Waals surface area (Å²) in [5.41, 5.74) is 2.64. The fourth-order valence-corrected chi connectivity index (χ4v) is 1.58. The summed E-state index contributed by atoms with van der Waals surface area (Å²) in [6.45, 7) is 6.20. The largest absolute Gasteiger partial charge is 0.241 e. The molecule has 0 aliphatic heterocycles. The highest BCUT2D eigenvalue weighted by Crippen LogP contribution is 2.17. The van der Waals surface area contributed by atoms with Crippen LogP contribution in [0.5, 0.6) is 0 Å². The minimum absolute atomic E-state index is 0.908. The van der Waals surface area contributed by atoms with E-state index in [0.29, 0.717) is 0 Å². The highest BCUT2D eigenvalue weighted by molar-refractivity contribution is 5.19. The van der Waals surface area contributed by atoms with E-state index in [1.165, 1.54) is 36.9 Å². The zero-order chi connectivity index (χ0) is 10.4. The average molecular weight is 192 g/mol. The fraction of sp³-hybridized carbons (Fsp3) is 0.667. The first-order valence-corrected chi connectivity index (χ1v) is 5.59. The van der Waals surface area contributed by atoms with Crippen molar-refractivity contribution in [1.82, 2.24) is 9.97 Å². The van der Waals surface area contributed by atoms with Gasteiger partial charge in [0, 0.05) is 11.9 Å². The van der Waals surface area contributed by atoms with Crippen LogP contribution >= 0.6 is 0 Å². The average Bonchev–Trinajstić information content (AvgIpc) is 2.19. The first-order chi connectivity index (χ1) is 6.77. The van der Waals surface area contributed by atoms with Gasteiger partial charge >= 0.3 is 0 Å². The Morgan fingerprint density at radius 3 is 2.57 bits per heavy atom. The highest BCUT2D eigenvalue weighted by atomic mass is 14.9. The van der Waals surface area contributed by atoms with Gasteiger partial charge in [-0.15, -0.1) is 0 Å². The van der Waals surface area contributed by atoms with Crippen molar-refractivity contribution >= 4 is 0 Å². The van der Waals surface area contributed by atoms with Gasteiger partial charge in [-0.05, 0) is 38.2 Å². The Kier molecular flexibility index (Phi) is 4.57. The molecule has 1 aromatic rings. The van der Waals surface area contributed by atoms with E-state index in [0.717, 1.165) is 12.2 Å². The summed E-state index contributed by atoms with van der Waals surface area (Å²) in [5, 5.41) is 0. The lowest BCUT2D eigenvalue weighted by Crippen LogP contribution is -2.07. The zero-order valence-corrected chi connectivity index (χ0v) is 9.51. The lowest BCUT2D eigenvalue weighted by molar-refractivity contribution is 0.658. The Morgan fingerprint density at radius 1 is 1.21 bits per heavy atom. The Bertz CT molecular complexity index is 282. The van der Waals surface area contributed by atoms with Crippen LogP contribution < -0.4 is 0 Å². The molecule has 1 aliphatic carbocycles. The van der Waals surface area contributed by atoms with E-state index in [4.69, 9.17) is 0 Å². The van der Waals surface area contributed by atoms with E-state index >= 15 is 0 Å². The summed E-state index contributed by atoms with van der Waals surface area (Å²) in [6.07, 6.45) is 8.16. The molecule has 2 heteroatoms. The van der Waals surface area contributed by atoms with E-state index in [9.17, 15) is 0 Å². The van der Waals surface area contributed by atoms with E-state index in [-0.39, 0.29) is 0 Å². The smallest absolute Gasteiger partial charge is 0.125 e. The van der Waals surface area contributed by atoms with Gasteiger partial charge < -0.3 is 0 Å². The number of aromatic nitrogens is 2. The molecule has 1 aliphatic rings. The van der Waals surface area contributed by atoms with Gasteiger partial charge in [-0.2, -0.15) is 0 Å². The third-order valence-electron chi connectivity index (χ3n) is 2.18. The molecule has 78 valence electrons. The van der Waals surface area contributed by atoms with Crippen LogP contribution in [0.25, 0.3) is 0 Å². The molecule has 0 radical (unpaired) electrons. The van der Waals surface area contributed by atoms with Crippen molar-refractivity contribution in [3.63, 3.8) is 0 Å². The van der Waals surface area contributed by atoms with Gasteiger partial charge in [-0.1, -0.05) is 20.3 Å². The number of fused-ring (bicyclic) bond motifs is 1. The van der Waals surface area contributed by atoms with Gasteiger partial charge in [0.05, 0.1) is 0 Å². The van der Waals surface area contributed by atoms with Gasteiger partial charge in [-0.3, -0.25) is 0 Å². The summed E-state index contributed by atoms with van der Waals surface area (Å²) in [4.78, 5) is 8.58. The van der Waals surface area contributed by atoms with E-state index in [1.54, 1.807) is 0 Å². The molecule has 14 heavy (non-hydrogen) atoms. The Balaban J connectivity index is 0.000000293. The van der Waals surface area contributed by atoms with Gasteiger partial charge in [0.2, 0.25) is 0 Å². The van der Waals surface area contributed by atoms with Crippen molar-refractivity contribution in [3.05, 3.63) is 23.3 Å². The first kappa shape index (κ1) is 11.2. The molecule has 0 bridgehead atoms. The summed E-state index contributed by atoms with van der Waals surface area (Å²) in [5.74, 6) is 0.908. The second-order valence-electron chi connectivity index (χ2n) is 3.80. The van der Waals surface area contributed by atoms with Crippen molar-refractivity contribution in [2.75, 3.05) is 0 Å².